The summed E-state index contributed by atoms with van der Waals surface area (Å²) >= 11 is 0. The Kier molecular flexibility index (Phi) is 2.33. The number of fused-ring (bicyclic) bond motifs is 1. The van der Waals surface area contributed by atoms with Crippen LogP contribution < -0.4 is 5.32 Å². The summed E-state index contributed by atoms with van der Waals surface area (Å²) in [5, 5.41) is 12.5. The molecule has 2 atom stereocenters. The lowest BCUT2D eigenvalue weighted by atomic mass is 10.2. The van der Waals surface area contributed by atoms with Crippen LogP contribution >= 0.6 is 0 Å². The molecule has 1 aromatic heterocycles. The highest BCUT2D eigenvalue weighted by Crippen LogP contribution is 2.39. The first-order valence-electron chi connectivity index (χ1n) is 5.76. The van der Waals surface area contributed by atoms with Gasteiger partial charge in [0.1, 0.15) is 0 Å². The minimum absolute atomic E-state index is 0.211. The minimum Gasteiger partial charge on any atom is -0.481 e. The Morgan fingerprint density at radius 3 is 2.83 bits per heavy atom. The van der Waals surface area contributed by atoms with Gasteiger partial charge < -0.3 is 15.4 Å². The Hall–Kier alpha value is -2.30. The fourth-order valence-electron chi connectivity index (χ4n) is 2.12. The molecule has 1 aromatic carbocycles. The van der Waals surface area contributed by atoms with Crippen molar-refractivity contribution >= 4 is 28.5 Å². The molecule has 1 fully saturated rings. The minimum atomic E-state index is -0.892. The molecule has 0 unspecified atom stereocenters. The number of aliphatic carboxylic acids is 1. The lowest BCUT2D eigenvalue weighted by molar-refractivity contribution is -0.139. The van der Waals surface area contributed by atoms with Gasteiger partial charge in [0.15, 0.2) is 0 Å². The van der Waals surface area contributed by atoms with E-state index in [9.17, 15) is 9.59 Å². The summed E-state index contributed by atoms with van der Waals surface area (Å²) in [6, 6.07) is 7.46. The van der Waals surface area contributed by atoms with Gasteiger partial charge in [0.2, 0.25) is 5.91 Å². The molecule has 1 heterocycles. The molecule has 5 nitrogen and oxygen atoms in total. The number of H-pyrrole nitrogens is 1. The van der Waals surface area contributed by atoms with Crippen LogP contribution in [0.2, 0.25) is 0 Å². The normalized spacial score (nSPS) is 21.8. The monoisotopic (exact) mass is 244 g/mol. The second-order valence-electron chi connectivity index (χ2n) is 4.56. The van der Waals surface area contributed by atoms with E-state index in [1.54, 1.807) is 6.07 Å². The van der Waals surface area contributed by atoms with E-state index in [0.29, 0.717) is 12.1 Å². The van der Waals surface area contributed by atoms with Crippen molar-refractivity contribution in [3.8, 4) is 0 Å². The zero-order chi connectivity index (χ0) is 12.7. The first-order valence-corrected chi connectivity index (χ1v) is 5.76. The van der Waals surface area contributed by atoms with Crippen molar-refractivity contribution in [2.45, 2.75) is 6.42 Å². The third-order valence-electron chi connectivity index (χ3n) is 3.27. The third kappa shape index (κ3) is 1.84. The van der Waals surface area contributed by atoms with E-state index in [0.717, 1.165) is 10.9 Å². The predicted molar refractivity (Wildman–Crippen MR) is 66.2 cm³/mol. The van der Waals surface area contributed by atoms with E-state index in [4.69, 9.17) is 5.11 Å². The van der Waals surface area contributed by atoms with Gasteiger partial charge in [-0.25, -0.2) is 0 Å². The molecule has 0 saturated heterocycles. The summed E-state index contributed by atoms with van der Waals surface area (Å²) in [5.74, 6) is -2.00. The number of anilines is 1. The van der Waals surface area contributed by atoms with Crippen LogP contribution in [0, 0.1) is 11.8 Å². The van der Waals surface area contributed by atoms with Crippen LogP contribution in [0.5, 0.6) is 0 Å². The van der Waals surface area contributed by atoms with Gasteiger partial charge in [-0.15, -0.1) is 0 Å². The van der Waals surface area contributed by atoms with E-state index < -0.39 is 11.9 Å². The zero-order valence-corrected chi connectivity index (χ0v) is 9.51. The lowest BCUT2D eigenvalue weighted by Crippen LogP contribution is -2.16. The van der Waals surface area contributed by atoms with E-state index >= 15 is 0 Å². The Balaban J connectivity index is 1.72. The van der Waals surface area contributed by atoms with Crippen LogP contribution in [0.4, 0.5) is 5.69 Å². The van der Waals surface area contributed by atoms with Crippen molar-refractivity contribution in [3.05, 3.63) is 30.5 Å². The summed E-state index contributed by atoms with van der Waals surface area (Å²) in [5.41, 5.74) is 1.70. The van der Waals surface area contributed by atoms with Gasteiger partial charge in [0, 0.05) is 22.8 Å². The largest absolute Gasteiger partial charge is 0.481 e. The fraction of sp³-hybridized carbons (Fsp3) is 0.231. The molecule has 0 bridgehead atoms. The molecule has 1 aliphatic rings. The molecule has 1 aliphatic carbocycles. The standard InChI is InChI=1S/C13H12N2O3/c16-12(9-6-10(9)13(17)18)15-8-1-2-11-7(5-8)3-4-14-11/h1-5,9-10,14H,6H2,(H,15,16)(H,17,18)/t9-,10+/m1/s1. The molecule has 3 rings (SSSR count). The third-order valence-corrected chi connectivity index (χ3v) is 3.27. The Bertz CT molecular complexity index is 632. The van der Waals surface area contributed by atoms with Gasteiger partial charge in [0.05, 0.1) is 11.8 Å². The van der Waals surface area contributed by atoms with E-state index in [2.05, 4.69) is 10.3 Å². The van der Waals surface area contributed by atoms with Crippen LogP contribution in [0.1, 0.15) is 6.42 Å². The van der Waals surface area contributed by atoms with Crippen molar-refractivity contribution < 1.29 is 14.7 Å². The molecule has 5 heteroatoms. The number of aromatic amines is 1. The van der Waals surface area contributed by atoms with Gasteiger partial charge in [-0.3, -0.25) is 9.59 Å². The van der Waals surface area contributed by atoms with Crippen LogP contribution in [-0.2, 0) is 9.59 Å². The highest BCUT2D eigenvalue weighted by Gasteiger charge is 2.48. The molecule has 92 valence electrons. The Morgan fingerprint density at radius 2 is 2.11 bits per heavy atom. The van der Waals surface area contributed by atoms with Gasteiger partial charge >= 0.3 is 5.97 Å². The van der Waals surface area contributed by atoms with Crippen LogP contribution in [0.3, 0.4) is 0 Å². The van der Waals surface area contributed by atoms with E-state index in [1.165, 1.54) is 0 Å². The molecule has 2 aromatic rings. The summed E-state index contributed by atoms with van der Waals surface area (Å²) in [6.45, 7) is 0. The quantitative estimate of drug-likeness (QED) is 0.770. The topological polar surface area (TPSA) is 82.2 Å². The Morgan fingerprint density at radius 1 is 1.28 bits per heavy atom. The average Bonchev–Trinajstić information content (AvgIpc) is 3.02. The maximum atomic E-state index is 11.8. The number of hydrogen-bond donors (Lipinski definition) is 3. The number of benzene rings is 1. The first kappa shape index (κ1) is 10.8. The predicted octanol–water partition coefficient (Wildman–Crippen LogP) is 1.83. The van der Waals surface area contributed by atoms with E-state index in [1.807, 2.05) is 24.4 Å². The summed E-state index contributed by atoms with van der Waals surface area (Å²) in [4.78, 5) is 25.5. The maximum Gasteiger partial charge on any atom is 0.307 e. The van der Waals surface area contributed by atoms with Gasteiger partial charge in [0.25, 0.3) is 0 Å². The van der Waals surface area contributed by atoms with Gasteiger partial charge in [-0.05, 0) is 30.7 Å². The smallest absolute Gasteiger partial charge is 0.307 e. The number of hydrogen-bond acceptors (Lipinski definition) is 2. The van der Waals surface area contributed by atoms with Gasteiger partial charge in [-0.2, -0.15) is 0 Å². The number of amides is 1. The number of carboxylic acid groups (broad SMARTS) is 1. The molecule has 1 amide bonds. The second kappa shape index (κ2) is 3.87. The van der Waals surface area contributed by atoms with Crippen molar-refractivity contribution in [3.63, 3.8) is 0 Å². The molecule has 3 N–H and O–H groups in total. The first-order chi connectivity index (χ1) is 8.65. The summed E-state index contributed by atoms with van der Waals surface area (Å²) in [7, 11) is 0. The SMILES string of the molecule is O=C(O)[C@H]1C[C@H]1C(=O)Nc1ccc2[nH]ccc2c1. The number of rotatable bonds is 3. The van der Waals surface area contributed by atoms with Crippen molar-refractivity contribution in [2.75, 3.05) is 5.32 Å². The number of carbonyl (C=O) groups excluding carboxylic acids is 1. The van der Waals surface area contributed by atoms with Crippen molar-refractivity contribution in [2.24, 2.45) is 11.8 Å². The van der Waals surface area contributed by atoms with Crippen LogP contribution in [0.15, 0.2) is 30.5 Å². The molecule has 0 radical (unpaired) electrons. The van der Waals surface area contributed by atoms with E-state index in [-0.39, 0.29) is 11.8 Å². The number of carboxylic acids is 1. The van der Waals surface area contributed by atoms with Crippen molar-refractivity contribution in [1.82, 2.24) is 4.98 Å². The van der Waals surface area contributed by atoms with Gasteiger partial charge in [-0.1, -0.05) is 0 Å². The fourth-order valence-corrected chi connectivity index (χ4v) is 2.12. The molecular formula is C13H12N2O3. The molecule has 1 saturated carbocycles. The molecular weight excluding hydrogens is 232 g/mol. The number of aromatic nitrogens is 1. The summed E-state index contributed by atoms with van der Waals surface area (Å²) in [6.07, 6.45) is 2.27. The van der Waals surface area contributed by atoms with Crippen molar-refractivity contribution in [1.29, 1.82) is 0 Å². The summed E-state index contributed by atoms with van der Waals surface area (Å²) < 4.78 is 0. The molecule has 18 heavy (non-hydrogen) atoms. The highest BCUT2D eigenvalue weighted by molar-refractivity contribution is 5.99. The van der Waals surface area contributed by atoms with Crippen LogP contribution in [-0.4, -0.2) is 22.0 Å². The second-order valence-corrected chi connectivity index (χ2v) is 4.56. The maximum absolute atomic E-state index is 11.8. The molecule has 0 spiro atoms. The number of carbonyl (C=O) groups is 2. The molecule has 0 aliphatic heterocycles. The highest BCUT2D eigenvalue weighted by atomic mass is 16.4. The van der Waals surface area contributed by atoms with Crippen LogP contribution in [0.25, 0.3) is 10.9 Å². The lowest BCUT2D eigenvalue weighted by Gasteiger charge is -2.04. The number of nitrogens with one attached hydrogen (secondary N) is 2. The zero-order valence-electron chi connectivity index (χ0n) is 9.51. The average molecular weight is 244 g/mol. The Labute approximate surface area is 103 Å².